The second kappa shape index (κ2) is 8.26. The minimum atomic E-state index is -3.74. The highest BCUT2D eigenvalue weighted by Crippen LogP contribution is 2.38. The summed E-state index contributed by atoms with van der Waals surface area (Å²) in [6.07, 6.45) is 7.75. The van der Waals surface area contributed by atoms with Crippen molar-refractivity contribution in [1.29, 1.82) is 0 Å². The molecule has 5 nitrogen and oxygen atoms in total. The Hall–Kier alpha value is -1.83. The van der Waals surface area contributed by atoms with Gasteiger partial charge in [0.15, 0.2) is 0 Å². The van der Waals surface area contributed by atoms with Crippen LogP contribution in [-0.2, 0) is 10.0 Å². The molecule has 2 aromatic carbocycles. The zero-order valence-corrected chi connectivity index (χ0v) is 20.0. The molecular formula is C24H27BrN2O3S. The molecule has 1 saturated heterocycles. The molecule has 2 aliphatic rings. The number of likely N-dealkylation sites (tertiary alicyclic amines) is 1. The number of aromatic nitrogens is 1. The zero-order chi connectivity index (χ0) is 21.6. The van der Waals surface area contributed by atoms with Crippen LogP contribution in [-0.4, -0.2) is 43.5 Å². The molecule has 0 N–H and O–H groups in total. The number of nitrogens with zero attached hydrogens (tertiary/aromatic N) is 2. The van der Waals surface area contributed by atoms with Crippen LogP contribution in [0, 0.1) is 0 Å². The van der Waals surface area contributed by atoms with E-state index in [1.807, 2.05) is 30.5 Å². The van der Waals surface area contributed by atoms with Crippen LogP contribution in [0.4, 0.5) is 0 Å². The second-order valence-corrected chi connectivity index (χ2v) is 11.4. The highest BCUT2D eigenvalue weighted by molar-refractivity contribution is 9.10. The van der Waals surface area contributed by atoms with Crippen LogP contribution < -0.4 is 4.74 Å². The highest BCUT2D eigenvalue weighted by atomic mass is 79.9. The Kier molecular flexibility index (Phi) is 5.61. The van der Waals surface area contributed by atoms with Crippen molar-refractivity contribution in [3.05, 3.63) is 58.7 Å². The van der Waals surface area contributed by atoms with E-state index >= 15 is 0 Å². The Morgan fingerprint density at radius 1 is 1.06 bits per heavy atom. The molecule has 3 aromatic rings. The van der Waals surface area contributed by atoms with Gasteiger partial charge in [0.2, 0.25) is 0 Å². The molecule has 164 valence electrons. The third-order valence-electron chi connectivity index (χ3n) is 6.58. The Morgan fingerprint density at radius 2 is 1.84 bits per heavy atom. The number of benzene rings is 2. The van der Waals surface area contributed by atoms with Crippen molar-refractivity contribution in [1.82, 2.24) is 8.87 Å². The molecule has 5 rings (SSSR count). The molecule has 2 fully saturated rings. The van der Waals surface area contributed by atoms with Gasteiger partial charge in [0.1, 0.15) is 10.6 Å². The third-order valence-corrected chi connectivity index (χ3v) is 9.27. The average molecular weight is 503 g/mol. The fourth-order valence-electron chi connectivity index (χ4n) is 4.95. The molecule has 0 radical (unpaired) electrons. The van der Waals surface area contributed by atoms with Gasteiger partial charge in [0.25, 0.3) is 10.0 Å². The van der Waals surface area contributed by atoms with Crippen LogP contribution in [0.5, 0.6) is 5.75 Å². The lowest BCUT2D eigenvalue weighted by molar-refractivity contribution is 0.210. The molecule has 1 atom stereocenters. The van der Waals surface area contributed by atoms with Crippen LogP contribution in [0.15, 0.2) is 58.0 Å². The maximum Gasteiger partial charge on any atom is 0.269 e. The van der Waals surface area contributed by atoms with Crippen molar-refractivity contribution in [3.8, 4) is 5.75 Å². The van der Waals surface area contributed by atoms with Gasteiger partial charge in [-0.25, -0.2) is 12.4 Å². The van der Waals surface area contributed by atoms with E-state index in [1.54, 1.807) is 18.2 Å². The average Bonchev–Trinajstić information content (AvgIpc) is 3.48. The predicted octanol–water partition coefficient (Wildman–Crippen LogP) is 5.38. The predicted molar refractivity (Wildman–Crippen MR) is 126 cm³/mol. The molecule has 7 heteroatoms. The molecular weight excluding hydrogens is 476 g/mol. The summed E-state index contributed by atoms with van der Waals surface area (Å²) in [5, 5.41) is 0.978. The third kappa shape index (κ3) is 3.92. The van der Waals surface area contributed by atoms with Crippen LogP contribution in [0.1, 0.15) is 43.6 Å². The number of likely N-dealkylation sites (N-methyl/N-ethyl adjacent to an activating group) is 1. The molecule has 1 unspecified atom stereocenters. The molecule has 0 bridgehead atoms. The largest absolute Gasteiger partial charge is 0.490 e. The molecule has 1 aromatic heterocycles. The second-order valence-electron chi connectivity index (χ2n) is 8.77. The summed E-state index contributed by atoms with van der Waals surface area (Å²) in [6.45, 7) is 1.95. The Morgan fingerprint density at radius 3 is 2.55 bits per heavy atom. The van der Waals surface area contributed by atoms with Crippen LogP contribution in [0.25, 0.3) is 10.9 Å². The normalized spacial score (nSPS) is 20.6. The topological polar surface area (TPSA) is 51.5 Å². The molecule has 0 spiro atoms. The number of hydrogen-bond donors (Lipinski definition) is 0. The van der Waals surface area contributed by atoms with E-state index in [1.165, 1.54) is 16.8 Å². The molecule has 0 amide bonds. The lowest BCUT2D eigenvalue weighted by Gasteiger charge is -2.14. The molecule has 1 aliphatic heterocycles. The molecule has 2 heterocycles. The number of fused-ring (bicyclic) bond motifs is 1. The highest BCUT2D eigenvalue weighted by Gasteiger charge is 2.29. The number of ether oxygens (including phenoxy) is 1. The van der Waals surface area contributed by atoms with Gasteiger partial charge < -0.3 is 9.64 Å². The van der Waals surface area contributed by atoms with Gasteiger partial charge in [-0.15, -0.1) is 0 Å². The lowest BCUT2D eigenvalue weighted by atomic mass is 9.98. The van der Waals surface area contributed by atoms with E-state index in [4.69, 9.17) is 4.74 Å². The van der Waals surface area contributed by atoms with E-state index in [2.05, 4.69) is 27.9 Å². The van der Waals surface area contributed by atoms with Crippen LogP contribution >= 0.6 is 15.9 Å². The van der Waals surface area contributed by atoms with E-state index in [0.717, 1.165) is 49.1 Å². The standard InChI is InChI=1S/C24H27BrN2O3S/c1-26-13-12-17(15-26)21-16-27(31(28,29)24-9-5-4-8-22(24)25)23-11-10-19(14-20(21)23)30-18-6-2-3-7-18/h4-5,8-11,14,16-18H,2-3,6-7,12-13,15H2,1H3. The minimum absolute atomic E-state index is 0.268. The van der Waals surface area contributed by atoms with Crippen LogP contribution in [0.3, 0.4) is 0 Å². The first-order valence-corrected chi connectivity index (χ1v) is 13.2. The monoisotopic (exact) mass is 502 g/mol. The Labute approximate surface area is 192 Å². The van der Waals surface area contributed by atoms with Gasteiger partial charge in [-0.3, -0.25) is 0 Å². The van der Waals surface area contributed by atoms with Gasteiger partial charge in [-0.05, 0) is 103 Å². The van der Waals surface area contributed by atoms with Crippen molar-refractivity contribution in [2.75, 3.05) is 20.1 Å². The van der Waals surface area contributed by atoms with Gasteiger partial charge in [-0.1, -0.05) is 12.1 Å². The van der Waals surface area contributed by atoms with Crippen molar-refractivity contribution in [2.24, 2.45) is 0 Å². The Bertz CT molecular complexity index is 1210. The van der Waals surface area contributed by atoms with Crippen molar-refractivity contribution in [2.45, 2.75) is 49.0 Å². The van der Waals surface area contributed by atoms with Gasteiger partial charge in [0, 0.05) is 22.6 Å². The summed E-state index contributed by atoms with van der Waals surface area (Å²) in [5.74, 6) is 1.15. The van der Waals surface area contributed by atoms with Crippen molar-refractivity contribution in [3.63, 3.8) is 0 Å². The fraction of sp³-hybridized carbons (Fsp3) is 0.417. The van der Waals surface area contributed by atoms with E-state index < -0.39 is 10.0 Å². The summed E-state index contributed by atoms with van der Waals surface area (Å²) >= 11 is 3.42. The number of rotatable bonds is 5. The minimum Gasteiger partial charge on any atom is -0.490 e. The Balaban J connectivity index is 1.64. The number of halogens is 1. The van der Waals surface area contributed by atoms with Crippen molar-refractivity contribution < 1.29 is 13.2 Å². The van der Waals surface area contributed by atoms with Gasteiger partial charge in [-0.2, -0.15) is 0 Å². The quantitative estimate of drug-likeness (QED) is 0.469. The molecule has 1 saturated carbocycles. The molecule has 1 aliphatic carbocycles. The summed E-state index contributed by atoms with van der Waals surface area (Å²) < 4.78 is 35.5. The maximum absolute atomic E-state index is 13.6. The SMILES string of the molecule is CN1CCC(c2cn(S(=O)(=O)c3ccccc3Br)c3ccc(OC4CCCC4)cc23)C1. The van der Waals surface area contributed by atoms with Gasteiger partial charge >= 0.3 is 0 Å². The first kappa shape index (κ1) is 21.0. The smallest absolute Gasteiger partial charge is 0.269 e. The van der Waals surface area contributed by atoms with E-state index in [0.29, 0.717) is 15.9 Å². The number of hydrogen-bond acceptors (Lipinski definition) is 4. The maximum atomic E-state index is 13.6. The summed E-state index contributed by atoms with van der Waals surface area (Å²) in [5.41, 5.74) is 1.80. The van der Waals surface area contributed by atoms with Crippen LogP contribution in [0.2, 0.25) is 0 Å². The van der Waals surface area contributed by atoms with E-state index in [9.17, 15) is 8.42 Å². The lowest BCUT2D eigenvalue weighted by Crippen LogP contribution is -2.14. The van der Waals surface area contributed by atoms with Gasteiger partial charge in [0.05, 0.1) is 11.6 Å². The summed E-state index contributed by atoms with van der Waals surface area (Å²) in [7, 11) is -1.62. The van der Waals surface area contributed by atoms with E-state index in [-0.39, 0.29) is 11.0 Å². The summed E-state index contributed by atoms with van der Waals surface area (Å²) in [4.78, 5) is 2.57. The fourth-order valence-corrected chi connectivity index (χ4v) is 7.29. The first-order valence-electron chi connectivity index (χ1n) is 10.9. The van der Waals surface area contributed by atoms with Crippen molar-refractivity contribution >= 4 is 36.9 Å². The molecule has 31 heavy (non-hydrogen) atoms. The zero-order valence-electron chi connectivity index (χ0n) is 17.6. The summed E-state index contributed by atoms with van der Waals surface area (Å²) in [6, 6.07) is 12.8. The first-order chi connectivity index (χ1) is 14.9.